The maximum atomic E-state index is 12.6. The SMILES string of the molecule is Cc1cc(C(N)=S)nc(Oc2cccc(C(F)(F)F)c2)n1. The van der Waals surface area contributed by atoms with Crippen molar-refractivity contribution < 1.29 is 17.9 Å². The van der Waals surface area contributed by atoms with Crippen molar-refractivity contribution in [2.45, 2.75) is 13.1 Å². The van der Waals surface area contributed by atoms with Gasteiger partial charge < -0.3 is 10.5 Å². The van der Waals surface area contributed by atoms with Crippen LogP contribution in [0.2, 0.25) is 0 Å². The van der Waals surface area contributed by atoms with Gasteiger partial charge in [0.1, 0.15) is 16.4 Å². The van der Waals surface area contributed by atoms with E-state index in [1.165, 1.54) is 12.1 Å². The summed E-state index contributed by atoms with van der Waals surface area (Å²) < 4.78 is 43.1. The number of benzene rings is 1. The lowest BCUT2D eigenvalue weighted by atomic mass is 10.2. The molecule has 2 N–H and O–H groups in total. The van der Waals surface area contributed by atoms with Crippen molar-refractivity contribution in [3.8, 4) is 11.8 Å². The van der Waals surface area contributed by atoms with Crippen LogP contribution in [0.4, 0.5) is 13.2 Å². The minimum absolute atomic E-state index is 0.0238. The standard InChI is InChI=1S/C13H10F3N3OS/c1-7-5-10(11(17)21)19-12(18-7)20-9-4-2-3-8(6-9)13(14,15)16/h2-6H,1H3,(H2,17,21). The normalized spacial score (nSPS) is 11.2. The van der Waals surface area contributed by atoms with Gasteiger partial charge in [-0.25, -0.2) is 4.98 Å². The van der Waals surface area contributed by atoms with Gasteiger partial charge in [-0.05, 0) is 31.2 Å². The Morgan fingerprint density at radius 2 is 1.95 bits per heavy atom. The van der Waals surface area contributed by atoms with Crippen LogP contribution in [0.25, 0.3) is 0 Å². The lowest BCUT2D eigenvalue weighted by Gasteiger charge is -2.10. The molecule has 0 aliphatic heterocycles. The van der Waals surface area contributed by atoms with Crippen LogP contribution in [0, 0.1) is 6.92 Å². The Balaban J connectivity index is 2.32. The van der Waals surface area contributed by atoms with E-state index in [2.05, 4.69) is 9.97 Å². The van der Waals surface area contributed by atoms with Gasteiger partial charge in [0, 0.05) is 5.69 Å². The van der Waals surface area contributed by atoms with Crippen LogP contribution < -0.4 is 10.5 Å². The molecule has 2 aromatic rings. The first-order valence-electron chi connectivity index (χ1n) is 5.76. The topological polar surface area (TPSA) is 61.0 Å². The lowest BCUT2D eigenvalue weighted by Crippen LogP contribution is -2.13. The quantitative estimate of drug-likeness (QED) is 0.882. The molecule has 0 spiro atoms. The number of halogens is 3. The molecule has 0 aliphatic rings. The number of hydrogen-bond acceptors (Lipinski definition) is 4. The second-order valence-corrected chi connectivity index (χ2v) is 4.61. The third-order valence-corrected chi connectivity index (χ3v) is 2.67. The van der Waals surface area contributed by atoms with Crippen molar-refractivity contribution in [3.63, 3.8) is 0 Å². The summed E-state index contributed by atoms with van der Waals surface area (Å²) in [5, 5.41) is 0. The second-order valence-electron chi connectivity index (χ2n) is 4.17. The zero-order valence-electron chi connectivity index (χ0n) is 10.8. The molecule has 1 aromatic heterocycles. The van der Waals surface area contributed by atoms with E-state index in [0.717, 1.165) is 12.1 Å². The van der Waals surface area contributed by atoms with Crippen LogP contribution >= 0.6 is 12.2 Å². The molecule has 0 bridgehead atoms. The molecule has 21 heavy (non-hydrogen) atoms. The summed E-state index contributed by atoms with van der Waals surface area (Å²) in [5.41, 5.74) is 5.47. The Bertz CT molecular complexity index is 689. The van der Waals surface area contributed by atoms with E-state index in [1.807, 2.05) is 0 Å². The van der Waals surface area contributed by atoms with Gasteiger partial charge in [0.25, 0.3) is 0 Å². The third-order valence-electron chi connectivity index (χ3n) is 2.46. The predicted octanol–water partition coefficient (Wildman–Crippen LogP) is 3.23. The van der Waals surface area contributed by atoms with E-state index in [0.29, 0.717) is 11.4 Å². The van der Waals surface area contributed by atoms with Crippen molar-refractivity contribution in [1.82, 2.24) is 9.97 Å². The summed E-state index contributed by atoms with van der Waals surface area (Å²) in [6.07, 6.45) is -4.45. The highest BCUT2D eigenvalue weighted by atomic mass is 32.1. The zero-order chi connectivity index (χ0) is 15.6. The molecule has 0 fully saturated rings. The zero-order valence-corrected chi connectivity index (χ0v) is 11.6. The molecule has 110 valence electrons. The van der Waals surface area contributed by atoms with Gasteiger partial charge in [-0.15, -0.1) is 0 Å². The van der Waals surface area contributed by atoms with Gasteiger partial charge in [0.2, 0.25) is 0 Å². The Morgan fingerprint density at radius 1 is 1.24 bits per heavy atom. The van der Waals surface area contributed by atoms with Gasteiger partial charge in [-0.2, -0.15) is 18.2 Å². The molecule has 0 radical (unpaired) electrons. The van der Waals surface area contributed by atoms with E-state index in [4.69, 9.17) is 22.7 Å². The highest BCUT2D eigenvalue weighted by Gasteiger charge is 2.30. The van der Waals surface area contributed by atoms with E-state index in [9.17, 15) is 13.2 Å². The fraction of sp³-hybridized carbons (Fsp3) is 0.154. The number of thiocarbonyl (C=S) groups is 1. The molecule has 8 heteroatoms. The molecule has 0 saturated carbocycles. The molecule has 1 heterocycles. The number of nitrogens with zero attached hydrogens (tertiary/aromatic N) is 2. The number of aromatic nitrogens is 2. The summed E-state index contributed by atoms with van der Waals surface area (Å²) in [7, 11) is 0. The minimum Gasteiger partial charge on any atom is -0.424 e. The van der Waals surface area contributed by atoms with Gasteiger partial charge in [0.05, 0.1) is 5.56 Å². The minimum atomic E-state index is -4.45. The first-order chi connectivity index (χ1) is 9.75. The van der Waals surface area contributed by atoms with Crippen molar-refractivity contribution >= 4 is 17.2 Å². The van der Waals surface area contributed by atoms with Crippen LogP contribution in [0.15, 0.2) is 30.3 Å². The van der Waals surface area contributed by atoms with Crippen LogP contribution in [0.3, 0.4) is 0 Å². The molecule has 0 aliphatic carbocycles. The molecular weight excluding hydrogens is 303 g/mol. The summed E-state index contributed by atoms with van der Waals surface area (Å²) in [4.78, 5) is 7.96. The van der Waals surface area contributed by atoms with Crippen molar-refractivity contribution in [2.75, 3.05) is 0 Å². The molecule has 4 nitrogen and oxygen atoms in total. The molecule has 0 saturated heterocycles. The maximum absolute atomic E-state index is 12.6. The van der Waals surface area contributed by atoms with Crippen LogP contribution in [0.1, 0.15) is 17.0 Å². The van der Waals surface area contributed by atoms with E-state index < -0.39 is 11.7 Å². The summed E-state index contributed by atoms with van der Waals surface area (Å²) >= 11 is 4.80. The van der Waals surface area contributed by atoms with E-state index in [-0.39, 0.29) is 16.7 Å². The first-order valence-corrected chi connectivity index (χ1v) is 6.17. The Morgan fingerprint density at radius 3 is 2.57 bits per heavy atom. The van der Waals surface area contributed by atoms with Crippen LogP contribution in [-0.4, -0.2) is 15.0 Å². The Kier molecular flexibility index (Phi) is 4.08. The summed E-state index contributed by atoms with van der Waals surface area (Å²) in [6.45, 7) is 1.67. The average Bonchev–Trinajstić information content (AvgIpc) is 2.37. The lowest BCUT2D eigenvalue weighted by molar-refractivity contribution is -0.137. The van der Waals surface area contributed by atoms with Crippen molar-refractivity contribution in [3.05, 3.63) is 47.3 Å². The molecule has 0 amide bonds. The number of alkyl halides is 3. The monoisotopic (exact) mass is 313 g/mol. The van der Waals surface area contributed by atoms with Crippen LogP contribution in [0.5, 0.6) is 11.8 Å². The van der Waals surface area contributed by atoms with Crippen LogP contribution in [-0.2, 0) is 6.18 Å². The largest absolute Gasteiger partial charge is 0.424 e. The number of rotatable bonds is 3. The first kappa shape index (κ1) is 15.2. The predicted molar refractivity (Wildman–Crippen MR) is 74.2 cm³/mol. The van der Waals surface area contributed by atoms with Gasteiger partial charge in [-0.1, -0.05) is 18.3 Å². The number of nitrogens with two attached hydrogens (primary N) is 1. The smallest absolute Gasteiger partial charge is 0.416 e. The van der Waals surface area contributed by atoms with E-state index in [1.54, 1.807) is 13.0 Å². The number of aryl methyl sites for hydroxylation is 1. The number of hydrogen-bond donors (Lipinski definition) is 1. The third kappa shape index (κ3) is 3.88. The summed E-state index contributed by atoms with van der Waals surface area (Å²) in [5.74, 6) is -0.0238. The van der Waals surface area contributed by atoms with Gasteiger partial charge >= 0.3 is 12.2 Å². The van der Waals surface area contributed by atoms with Gasteiger partial charge in [-0.3, -0.25) is 0 Å². The second kappa shape index (κ2) is 5.65. The fourth-order valence-corrected chi connectivity index (χ4v) is 1.66. The Labute approximate surface area is 123 Å². The number of ether oxygens (including phenoxy) is 1. The molecule has 2 rings (SSSR count). The van der Waals surface area contributed by atoms with Crippen molar-refractivity contribution in [2.24, 2.45) is 5.73 Å². The van der Waals surface area contributed by atoms with Crippen molar-refractivity contribution in [1.29, 1.82) is 0 Å². The molecule has 0 unspecified atom stereocenters. The maximum Gasteiger partial charge on any atom is 0.416 e. The fourth-order valence-electron chi connectivity index (χ4n) is 1.55. The molecule has 1 aromatic carbocycles. The molecule has 0 atom stereocenters. The highest BCUT2D eigenvalue weighted by molar-refractivity contribution is 7.80. The Hall–Kier alpha value is -2.22. The summed E-state index contributed by atoms with van der Waals surface area (Å²) in [6, 6.07) is 5.87. The molecular formula is C13H10F3N3OS. The average molecular weight is 313 g/mol. The van der Waals surface area contributed by atoms with E-state index >= 15 is 0 Å². The van der Waals surface area contributed by atoms with Gasteiger partial charge in [0.15, 0.2) is 0 Å². The highest BCUT2D eigenvalue weighted by Crippen LogP contribution is 2.32.